The number of hydrogen-bond donors (Lipinski definition) is 0. The minimum absolute atomic E-state index is 0.219. The first kappa shape index (κ1) is 22.1. The molecular weight excluding hydrogens is 427 g/mol. The van der Waals surface area contributed by atoms with Crippen molar-refractivity contribution in [1.82, 2.24) is 9.80 Å². The Hall–Kier alpha value is -3.73. The highest BCUT2D eigenvalue weighted by Crippen LogP contribution is 2.35. The lowest BCUT2D eigenvalue weighted by molar-refractivity contribution is -0.138. The number of likely N-dealkylation sites (tertiary alicyclic amines) is 1. The van der Waals surface area contributed by atoms with Gasteiger partial charge in [-0.1, -0.05) is 72.8 Å². The summed E-state index contributed by atoms with van der Waals surface area (Å²) in [5.41, 5.74) is 3.63. The van der Waals surface area contributed by atoms with Crippen LogP contribution in [0.5, 0.6) is 0 Å². The molecule has 0 spiro atoms. The van der Waals surface area contributed by atoms with Gasteiger partial charge in [-0.25, -0.2) is 4.39 Å². The Morgan fingerprint density at radius 1 is 0.735 bits per heavy atom. The molecule has 3 aromatic rings. The molecule has 0 atom stereocenters. The fourth-order valence-corrected chi connectivity index (χ4v) is 4.95. The summed E-state index contributed by atoms with van der Waals surface area (Å²) >= 11 is 0. The standard InChI is InChI=1S/C29H27FN2O2/c30-25-13-11-24(12-14-25)26-27(29(34)32(28(26)33)20-23-9-5-2-6-10-23)31-17-15-22(16-18-31)19-21-7-3-1-4-8-21/h1-14,22H,15-20H2. The third kappa shape index (κ3) is 4.51. The van der Waals surface area contributed by atoms with Crippen LogP contribution < -0.4 is 0 Å². The van der Waals surface area contributed by atoms with Crippen molar-refractivity contribution in [1.29, 1.82) is 0 Å². The molecule has 0 aromatic heterocycles. The number of hydrogen-bond acceptors (Lipinski definition) is 3. The second-order valence-electron chi connectivity index (χ2n) is 9.03. The van der Waals surface area contributed by atoms with Crippen LogP contribution in [0.2, 0.25) is 0 Å². The maximum absolute atomic E-state index is 13.6. The zero-order valence-electron chi connectivity index (χ0n) is 19.0. The number of amides is 2. The Labute approximate surface area is 199 Å². The summed E-state index contributed by atoms with van der Waals surface area (Å²) in [5.74, 6) is -0.414. The number of carbonyl (C=O) groups excluding carboxylic acids is 2. The summed E-state index contributed by atoms with van der Waals surface area (Å²) in [4.78, 5) is 30.4. The molecule has 5 heteroatoms. The van der Waals surface area contributed by atoms with E-state index in [0.29, 0.717) is 22.8 Å². The maximum atomic E-state index is 13.6. The molecule has 4 nitrogen and oxygen atoms in total. The number of piperidine rings is 1. The molecule has 2 aliphatic rings. The van der Waals surface area contributed by atoms with Crippen LogP contribution in [-0.4, -0.2) is 34.7 Å². The van der Waals surface area contributed by atoms with Crippen molar-refractivity contribution in [3.05, 3.63) is 113 Å². The zero-order chi connectivity index (χ0) is 23.5. The second-order valence-corrected chi connectivity index (χ2v) is 9.03. The lowest BCUT2D eigenvalue weighted by atomic mass is 9.89. The highest BCUT2D eigenvalue weighted by molar-refractivity contribution is 6.35. The van der Waals surface area contributed by atoms with Crippen molar-refractivity contribution in [2.24, 2.45) is 5.92 Å². The summed E-state index contributed by atoms with van der Waals surface area (Å²) in [6, 6.07) is 25.8. The van der Waals surface area contributed by atoms with Crippen molar-refractivity contribution in [2.45, 2.75) is 25.8 Å². The van der Waals surface area contributed by atoms with Crippen molar-refractivity contribution < 1.29 is 14.0 Å². The van der Waals surface area contributed by atoms with Gasteiger partial charge >= 0.3 is 0 Å². The van der Waals surface area contributed by atoms with Crippen LogP contribution in [0.25, 0.3) is 5.57 Å². The maximum Gasteiger partial charge on any atom is 0.278 e. The third-order valence-electron chi connectivity index (χ3n) is 6.76. The molecule has 2 heterocycles. The van der Waals surface area contributed by atoms with E-state index >= 15 is 0 Å². The fourth-order valence-electron chi connectivity index (χ4n) is 4.95. The van der Waals surface area contributed by atoms with E-state index in [1.54, 1.807) is 12.1 Å². The molecule has 0 unspecified atom stereocenters. The van der Waals surface area contributed by atoms with E-state index in [0.717, 1.165) is 37.9 Å². The van der Waals surface area contributed by atoms with Crippen molar-refractivity contribution in [3.63, 3.8) is 0 Å². The van der Waals surface area contributed by atoms with Crippen LogP contribution in [0.3, 0.4) is 0 Å². The van der Waals surface area contributed by atoms with E-state index in [9.17, 15) is 14.0 Å². The van der Waals surface area contributed by atoms with Crippen LogP contribution in [-0.2, 0) is 22.6 Å². The van der Waals surface area contributed by atoms with Crippen LogP contribution >= 0.6 is 0 Å². The van der Waals surface area contributed by atoms with Gasteiger partial charge in [-0.15, -0.1) is 0 Å². The molecule has 2 aliphatic heterocycles. The largest absolute Gasteiger partial charge is 0.366 e. The van der Waals surface area contributed by atoms with Crippen LogP contribution in [0.4, 0.5) is 4.39 Å². The third-order valence-corrected chi connectivity index (χ3v) is 6.76. The van der Waals surface area contributed by atoms with Gasteiger partial charge in [0, 0.05) is 13.1 Å². The van der Waals surface area contributed by atoms with Crippen molar-refractivity contribution >= 4 is 17.4 Å². The lowest BCUT2D eigenvalue weighted by Crippen LogP contribution is -2.38. The second kappa shape index (κ2) is 9.64. The van der Waals surface area contributed by atoms with Gasteiger partial charge in [-0.05, 0) is 54.0 Å². The molecule has 1 saturated heterocycles. The molecule has 0 radical (unpaired) electrons. The van der Waals surface area contributed by atoms with Crippen molar-refractivity contribution in [2.75, 3.05) is 13.1 Å². The molecule has 1 fully saturated rings. The van der Waals surface area contributed by atoms with Crippen LogP contribution in [0.1, 0.15) is 29.5 Å². The topological polar surface area (TPSA) is 40.6 Å². The summed E-state index contributed by atoms with van der Waals surface area (Å²) in [6.07, 6.45) is 2.93. The zero-order valence-corrected chi connectivity index (χ0v) is 19.0. The van der Waals surface area contributed by atoms with Gasteiger partial charge in [0.25, 0.3) is 11.8 Å². The number of imide groups is 1. The first-order chi connectivity index (χ1) is 16.6. The molecule has 0 saturated carbocycles. The Kier molecular flexibility index (Phi) is 6.26. The van der Waals surface area contributed by atoms with E-state index in [1.807, 2.05) is 36.4 Å². The number of carbonyl (C=O) groups is 2. The van der Waals surface area contributed by atoms with Gasteiger partial charge in [0.05, 0.1) is 12.1 Å². The van der Waals surface area contributed by atoms with Gasteiger partial charge in [0.1, 0.15) is 11.5 Å². The lowest BCUT2D eigenvalue weighted by Gasteiger charge is -2.34. The molecule has 0 aliphatic carbocycles. The summed E-state index contributed by atoms with van der Waals surface area (Å²) in [6.45, 7) is 1.66. The van der Waals surface area contributed by atoms with Gasteiger partial charge in [0.2, 0.25) is 0 Å². The Bertz CT molecular complexity index is 1200. The molecule has 2 amide bonds. The number of nitrogens with zero attached hydrogens (tertiary/aromatic N) is 2. The van der Waals surface area contributed by atoms with Crippen LogP contribution in [0.15, 0.2) is 90.6 Å². The molecular formula is C29H27FN2O2. The normalized spacial score (nSPS) is 17.1. The van der Waals surface area contributed by atoms with E-state index < -0.39 is 0 Å². The average molecular weight is 455 g/mol. The average Bonchev–Trinajstić information content (AvgIpc) is 3.11. The molecule has 5 rings (SSSR count). The van der Waals surface area contributed by atoms with Crippen molar-refractivity contribution in [3.8, 4) is 0 Å². The van der Waals surface area contributed by atoms with Crippen LogP contribution in [0, 0.1) is 11.7 Å². The summed E-state index contributed by atoms with van der Waals surface area (Å²) in [7, 11) is 0. The number of halogens is 1. The van der Waals surface area contributed by atoms with E-state index in [1.165, 1.54) is 22.6 Å². The fraction of sp³-hybridized carbons (Fsp3) is 0.241. The number of benzene rings is 3. The molecule has 34 heavy (non-hydrogen) atoms. The first-order valence-corrected chi connectivity index (χ1v) is 11.8. The number of rotatable bonds is 6. The Morgan fingerprint density at radius 3 is 1.94 bits per heavy atom. The Morgan fingerprint density at radius 2 is 1.32 bits per heavy atom. The Balaban J connectivity index is 1.40. The molecule has 172 valence electrons. The molecule has 0 bridgehead atoms. The minimum Gasteiger partial charge on any atom is -0.366 e. The smallest absolute Gasteiger partial charge is 0.278 e. The SMILES string of the molecule is O=C1C(c2ccc(F)cc2)=C(N2CCC(Cc3ccccc3)CC2)C(=O)N1Cc1ccccc1. The van der Waals surface area contributed by atoms with Gasteiger partial charge in [-0.3, -0.25) is 14.5 Å². The highest BCUT2D eigenvalue weighted by Gasteiger charge is 2.42. The predicted octanol–water partition coefficient (Wildman–Crippen LogP) is 5.06. The van der Waals surface area contributed by atoms with Gasteiger partial charge in [-0.2, -0.15) is 0 Å². The van der Waals surface area contributed by atoms with E-state index in [-0.39, 0.29) is 24.2 Å². The first-order valence-electron chi connectivity index (χ1n) is 11.8. The molecule has 0 N–H and O–H groups in total. The minimum atomic E-state index is -0.370. The monoisotopic (exact) mass is 454 g/mol. The van der Waals surface area contributed by atoms with E-state index in [4.69, 9.17) is 0 Å². The molecule has 3 aromatic carbocycles. The summed E-state index contributed by atoms with van der Waals surface area (Å²) in [5, 5.41) is 0. The summed E-state index contributed by atoms with van der Waals surface area (Å²) < 4.78 is 13.6. The van der Waals surface area contributed by atoms with Gasteiger partial charge < -0.3 is 4.90 Å². The van der Waals surface area contributed by atoms with E-state index in [2.05, 4.69) is 29.2 Å². The van der Waals surface area contributed by atoms with Gasteiger partial charge in [0.15, 0.2) is 0 Å². The highest BCUT2D eigenvalue weighted by atomic mass is 19.1. The quantitative estimate of drug-likeness (QED) is 0.489. The predicted molar refractivity (Wildman–Crippen MR) is 130 cm³/mol.